The Morgan fingerprint density at radius 3 is 2.70 bits per heavy atom. The van der Waals surface area contributed by atoms with Gasteiger partial charge >= 0.3 is 0 Å². The Morgan fingerprint density at radius 2 is 2.30 bits per heavy atom. The molecule has 2 rings (SSSR count). The molecule has 0 heteroatoms. The highest BCUT2D eigenvalue weighted by molar-refractivity contribution is 5.43. The predicted molar refractivity (Wildman–Crippen MR) is 42.5 cm³/mol. The highest BCUT2D eigenvalue weighted by Gasteiger charge is 2.40. The molecule has 0 aromatic rings. The smallest absolute Gasteiger partial charge is 0.0349 e. The van der Waals surface area contributed by atoms with Crippen LogP contribution in [-0.4, -0.2) is 0 Å². The van der Waals surface area contributed by atoms with Gasteiger partial charge in [0.25, 0.3) is 0 Å². The van der Waals surface area contributed by atoms with Gasteiger partial charge in [-0.25, -0.2) is 0 Å². The van der Waals surface area contributed by atoms with Gasteiger partial charge in [-0.3, -0.25) is 0 Å². The molecule has 0 saturated heterocycles. The molecule has 0 aliphatic heterocycles. The summed E-state index contributed by atoms with van der Waals surface area (Å²) in [5.41, 5.74) is 3.38. The molecule has 0 fully saturated rings. The third-order valence-electron chi connectivity index (χ3n) is 2.81. The van der Waals surface area contributed by atoms with Crippen LogP contribution in [0.1, 0.15) is 33.1 Å². The fourth-order valence-corrected chi connectivity index (χ4v) is 1.79. The van der Waals surface area contributed by atoms with Gasteiger partial charge in [0, 0.05) is 5.41 Å². The first kappa shape index (κ1) is 6.21. The molecule has 1 atom stereocenters. The molecule has 0 amide bonds. The number of allylic oxidation sites excluding steroid dienone is 4. The highest BCUT2D eigenvalue weighted by Crippen LogP contribution is 2.51. The summed E-state index contributed by atoms with van der Waals surface area (Å²) in [6.45, 7) is 4.46. The number of rotatable bonds is 1. The third kappa shape index (κ3) is 0.681. The lowest BCUT2D eigenvalue weighted by atomic mass is 9.92. The largest absolute Gasteiger partial charge is 0.0841 e. The number of hydrogen-bond acceptors (Lipinski definition) is 0. The lowest BCUT2D eigenvalue weighted by Gasteiger charge is -2.11. The van der Waals surface area contributed by atoms with Crippen molar-refractivity contribution in [2.24, 2.45) is 5.41 Å². The first-order valence-electron chi connectivity index (χ1n) is 4.05. The van der Waals surface area contributed by atoms with E-state index in [1.54, 1.807) is 5.57 Å². The van der Waals surface area contributed by atoms with Crippen LogP contribution in [0.15, 0.2) is 17.2 Å². The Hall–Kier alpha value is -0.520. The summed E-state index contributed by atoms with van der Waals surface area (Å²) in [7, 11) is 0. The van der Waals surface area contributed by atoms with Crippen molar-refractivity contribution in [3.05, 3.63) is 23.3 Å². The van der Waals surface area contributed by atoms with Gasteiger partial charge in [0.1, 0.15) is 0 Å². The lowest BCUT2D eigenvalue weighted by molar-refractivity contribution is 0.688. The monoisotopic (exact) mass is 133 g/mol. The number of hydrogen-bond donors (Lipinski definition) is 0. The van der Waals surface area contributed by atoms with Crippen LogP contribution in [0, 0.1) is 11.5 Å². The molecule has 0 N–H and O–H groups in total. The first-order chi connectivity index (χ1) is 4.73. The van der Waals surface area contributed by atoms with Crippen LogP contribution in [0.4, 0.5) is 0 Å². The van der Waals surface area contributed by atoms with E-state index < -0.39 is 0 Å². The van der Waals surface area contributed by atoms with Crippen LogP contribution in [-0.2, 0) is 0 Å². The quantitative estimate of drug-likeness (QED) is 0.482. The summed E-state index contributed by atoms with van der Waals surface area (Å²) in [6, 6.07) is 0. The zero-order chi connectivity index (χ0) is 7.19. The van der Waals surface area contributed by atoms with Gasteiger partial charge in [0.15, 0.2) is 0 Å². The van der Waals surface area contributed by atoms with E-state index in [0.29, 0.717) is 5.41 Å². The molecular weight excluding hydrogens is 120 g/mol. The zero-order valence-electron chi connectivity index (χ0n) is 6.70. The Labute approximate surface area is 62.6 Å². The van der Waals surface area contributed by atoms with E-state index in [2.05, 4.69) is 26.0 Å². The van der Waals surface area contributed by atoms with Crippen LogP contribution in [0.5, 0.6) is 0 Å². The van der Waals surface area contributed by atoms with E-state index in [9.17, 15) is 0 Å². The van der Waals surface area contributed by atoms with Crippen molar-refractivity contribution >= 4 is 0 Å². The van der Waals surface area contributed by atoms with E-state index in [4.69, 9.17) is 0 Å². The molecule has 2 aliphatic rings. The summed E-state index contributed by atoms with van der Waals surface area (Å²) < 4.78 is 0. The predicted octanol–water partition coefficient (Wildman–Crippen LogP) is 2.87. The standard InChI is InChI=1S/C10H13/c1-8-7-10(8,2)9-5-3-4-6-9/h5H,3-4,6H2,1-2H3. The zero-order valence-corrected chi connectivity index (χ0v) is 6.70. The maximum atomic E-state index is 3.40. The van der Waals surface area contributed by atoms with Gasteiger partial charge in [0.2, 0.25) is 0 Å². The van der Waals surface area contributed by atoms with Crippen LogP contribution < -0.4 is 0 Å². The summed E-state index contributed by atoms with van der Waals surface area (Å²) >= 11 is 0. The first-order valence-corrected chi connectivity index (χ1v) is 4.05. The SMILES string of the molecule is CC1=[C]C1(C)C1=CCCC1. The summed E-state index contributed by atoms with van der Waals surface area (Å²) in [5.74, 6) is 0. The normalized spacial score (nSPS) is 37.4. The topological polar surface area (TPSA) is 0 Å². The molecule has 1 radical (unpaired) electrons. The van der Waals surface area contributed by atoms with Crippen molar-refractivity contribution in [3.8, 4) is 0 Å². The fraction of sp³-hybridized carbons (Fsp3) is 0.600. The Kier molecular flexibility index (Phi) is 1.08. The lowest BCUT2D eigenvalue weighted by Crippen LogP contribution is -2.00. The summed E-state index contributed by atoms with van der Waals surface area (Å²) in [5, 5.41) is 0. The van der Waals surface area contributed by atoms with E-state index in [-0.39, 0.29) is 0 Å². The minimum absolute atomic E-state index is 0.316. The van der Waals surface area contributed by atoms with E-state index in [1.807, 2.05) is 0 Å². The van der Waals surface area contributed by atoms with E-state index in [1.165, 1.54) is 24.8 Å². The van der Waals surface area contributed by atoms with E-state index in [0.717, 1.165) is 0 Å². The molecule has 0 spiro atoms. The van der Waals surface area contributed by atoms with Gasteiger partial charge in [-0.05, 0) is 39.2 Å². The second kappa shape index (κ2) is 1.75. The average molecular weight is 133 g/mol. The Morgan fingerprint density at radius 1 is 1.60 bits per heavy atom. The summed E-state index contributed by atoms with van der Waals surface area (Å²) in [6.07, 6.45) is 9.75. The van der Waals surface area contributed by atoms with Crippen molar-refractivity contribution in [2.45, 2.75) is 33.1 Å². The molecular formula is C10H13. The van der Waals surface area contributed by atoms with Crippen LogP contribution in [0.25, 0.3) is 0 Å². The Bertz CT molecular complexity index is 220. The van der Waals surface area contributed by atoms with Crippen molar-refractivity contribution in [2.75, 3.05) is 0 Å². The molecule has 0 aromatic carbocycles. The molecule has 0 aromatic heterocycles. The molecule has 2 aliphatic carbocycles. The summed E-state index contributed by atoms with van der Waals surface area (Å²) in [4.78, 5) is 0. The van der Waals surface area contributed by atoms with Gasteiger partial charge in [-0.1, -0.05) is 17.2 Å². The van der Waals surface area contributed by atoms with Gasteiger partial charge in [-0.15, -0.1) is 0 Å². The van der Waals surface area contributed by atoms with Crippen molar-refractivity contribution in [1.82, 2.24) is 0 Å². The molecule has 0 bridgehead atoms. The molecule has 1 unspecified atom stereocenters. The molecule has 0 nitrogen and oxygen atoms in total. The average Bonchev–Trinajstić information content (AvgIpc) is 2.35. The molecule has 10 heavy (non-hydrogen) atoms. The molecule has 53 valence electrons. The van der Waals surface area contributed by atoms with E-state index >= 15 is 0 Å². The maximum absolute atomic E-state index is 3.40. The van der Waals surface area contributed by atoms with Crippen LogP contribution >= 0.6 is 0 Å². The van der Waals surface area contributed by atoms with Crippen molar-refractivity contribution < 1.29 is 0 Å². The third-order valence-corrected chi connectivity index (χ3v) is 2.81. The minimum atomic E-state index is 0.316. The van der Waals surface area contributed by atoms with Gasteiger partial charge in [-0.2, -0.15) is 0 Å². The molecule has 0 saturated carbocycles. The van der Waals surface area contributed by atoms with Crippen molar-refractivity contribution in [3.63, 3.8) is 0 Å². The Balaban J connectivity index is 2.14. The van der Waals surface area contributed by atoms with Crippen molar-refractivity contribution in [1.29, 1.82) is 0 Å². The minimum Gasteiger partial charge on any atom is -0.0841 e. The van der Waals surface area contributed by atoms with Crippen LogP contribution in [0.2, 0.25) is 0 Å². The highest BCUT2D eigenvalue weighted by atomic mass is 14.4. The van der Waals surface area contributed by atoms with Crippen LogP contribution in [0.3, 0.4) is 0 Å². The second-order valence-corrected chi connectivity index (χ2v) is 3.50. The molecule has 0 heterocycles. The maximum Gasteiger partial charge on any atom is 0.0349 e. The second-order valence-electron chi connectivity index (χ2n) is 3.50. The van der Waals surface area contributed by atoms with Gasteiger partial charge < -0.3 is 0 Å². The fourth-order valence-electron chi connectivity index (χ4n) is 1.79. The van der Waals surface area contributed by atoms with Gasteiger partial charge in [0.05, 0.1) is 0 Å².